The monoisotopic (exact) mass is 380 g/mol. The third-order valence-electron chi connectivity index (χ3n) is 4.97. The first-order valence-corrected chi connectivity index (χ1v) is 9.22. The fraction of sp³-hybridized carbons (Fsp3) is 0.300. The van der Waals surface area contributed by atoms with Crippen molar-refractivity contribution >= 4 is 11.5 Å². The van der Waals surface area contributed by atoms with Crippen LogP contribution in [-0.4, -0.2) is 57.1 Å². The number of hydrogen-bond acceptors (Lipinski definition) is 6. The van der Waals surface area contributed by atoms with Crippen molar-refractivity contribution in [3.63, 3.8) is 0 Å². The number of nitrogens with zero attached hydrogens (tertiary/aromatic N) is 6. The zero-order valence-electron chi connectivity index (χ0n) is 15.6. The van der Waals surface area contributed by atoms with E-state index in [1.54, 1.807) is 16.8 Å². The summed E-state index contributed by atoms with van der Waals surface area (Å²) in [7, 11) is 0. The third kappa shape index (κ3) is 3.77. The Labute approximate surface area is 162 Å². The minimum atomic E-state index is -0.353. The number of benzene rings is 2. The Hall–Kier alpha value is -3.13. The number of rotatable bonds is 5. The highest BCUT2D eigenvalue weighted by atomic mass is 19.1. The normalized spacial score (nSPS) is 15.0. The van der Waals surface area contributed by atoms with Gasteiger partial charge in [-0.2, -0.15) is 4.68 Å². The molecule has 0 radical (unpaired) electrons. The summed E-state index contributed by atoms with van der Waals surface area (Å²) in [6.45, 7) is 5.01. The average Bonchev–Trinajstić information content (AvgIpc) is 3.17. The van der Waals surface area contributed by atoms with Crippen molar-refractivity contribution in [3.8, 4) is 5.69 Å². The number of halogens is 1. The SMILES string of the molecule is CC(=O)c1ccc(N2CCN(Cc3nnnn3-c3ccccc3)CC2)c(F)c1. The van der Waals surface area contributed by atoms with Crippen LogP contribution in [0.5, 0.6) is 0 Å². The zero-order valence-corrected chi connectivity index (χ0v) is 15.6. The van der Waals surface area contributed by atoms with Gasteiger partial charge < -0.3 is 4.90 Å². The van der Waals surface area contributed by atoms with E-state index in [4.69, 9.17) is 0 Å². The molecule has 0 N–H and O–H groups in total. The van der Waals surface area contributed by atoms with Crippen molar-refractivity contribution in [2.24, 2.45) is 0 Å². The minimum absolute atomic E-state index is 0.133. The maximum atomic E-state index is 14.4. The number of tetrazole rings is 1. The van der Waals surface area contributed by atoms with E-state index in [0.717, 1.165) is 24.6 Å². The van der Waals surface area contributed by atoms with E-state index in [9.17, 15) is 9.18 Å². The van der Waals surface area contributed by atoms with Crippen LogP contribution in [0.2, 0.25) is 0 Å². The second-order valence-electron chi connectivity index (χ2n) is 6.83. The zero-order chi connectivity index (χ0) is 19.5. The van der Waals surface area contributed by atoms with Gasteiger partial charge in [-0.25, -0.2) is 4.39 Å². The molecule has 1 aliphatic rings. The fourth-order valence-electron chi connectivity index (χ4n) is 3.40. The van der Waals surface area contributed by atoms with Gasteiger partial charge in [0.15, 0.2) is 11.6 Å². The minimum Gasteiger partial charge on any atom is -0.367 e. The van der Waals surface area contributed by atoms with Crippen LogP contribution in [0.3, 0.4) is 0 Å². The van der Waals surface area contributed by atoms with E-state index in [1.807, 2.05) is 35.2 Å². The number of Topliss-reactive ketones (excluding diaryl/α,β-unsaturated/α-hetero) is 1. The molecule has 3 aromatic rings. The Kier molecular flexibility index (Phi) is 5.12. The van der Waals surface area contributed by atoms with Crippen LogP contribution in [-0.2, 0) is 6.54 Å². The summed E-state index contributed by atoms with van der Waals surface area (Å²) in [6.07, 6.45) is 0. The topological polar surface area (TPSA) is 67.2 Å². The van der Waals surface area contributed by atoms with Crippen LogP contribution < -0.4 is 4.90 Å². The molecule has 0 amide bonds. The quantitative estimate of drug-likeness (QED) is 0.633. The number of carbonyl (C=O) groups is 1. The molecule has 0 atom stereocenters. The summed E-state index contributed by atoms with van der Waals surface area (Å²) >= 11 is 0. The highest BCUT2D eigenvalue weighted by Crippen LogP contribution is 2.22. The molecule has 0 unspecified atom stereocenters. The van der Waals surface area contributed by atoms with E-state index in [0.29, 0.717) is 30.9 Å². The molecule has 1 saturated heterocycles. The van der Waals surface area contributed by atoms with Crippen LogP contribution in [0.15, 0.2) is 48.5 Å². The number of anilines is 1. The van der Waals surface area contributed by atoms with Gasteiger partial charge in [-0.1, -0.05) is 18.2 Å². The molecule has 2 aromatic carbocycles. The standard InChI is InChI=1S/C20H21FN6O/c1-15(28)16-7-8-19(18(21)13-16)26-11-9-25(10-12-26)14-20-22-23-24-27(20)17-5-3-2-4-6-17/h2-8,13H,9-12,14H2,1H3. The lowest BCUT2D eigenvalue weighted by molar-refractivity contribution is 0.101. The predicted molar refractivity (Wildman–Crippen MR) is 103 cm³/mol. The molecule has 0 bridgehead atoms. The second kappa shape index (κ2) is 7.85. The molecular weight excluding hydrogens is 359 g/mol. The molecule has 1 aliphatic heterocycles. The van der Waals surface area contributed by atoms with Crippen molar-refractivity contribution in [2.75, 3.05) is 31.1 Å². The summed E-state index contributed by atoms with van der Waals surface area (Å²) in [5.41, 5.74) is 1.86. The molecule has 0 saturated carbocycles. The van der Waals surface area contributed by atoms with Gasteiger partial charge in [-0.05, 0) is 47.7 Å². The van der Waals surface area contributed by atoms with Gasteiger partial charge in [0.05, 0.1) is 17.9 Å². The van der Waals surface area contributed by atoms with Crippen LogP contribution in [0.1, 0.15) is 23.1 Å². The van der Waals surface area contributed by atoms with Gasteiger partial charge in [0.1, 0.15) is 5.82 Å². The van der Waals surface area contributed by atoms with Gasteiger partial charge >= 0.3 is 0 Å². The van der Waals surface area contributed by atoms with Crippen LogP contribution in [0.25, 0.3) is 5.69 Å². The van der Waals surface area contributed by atoms with Gasteiger partial charge in [-0.15, -0.1) is 5.10 Å². The number of piperazine rings is 1. The Balaban J connectivity index is 1.41. The Morgan fingerprint density at radius 1 is 1.07 bits per heavy atom. The molecule has 8 heteroatoms. The summed E-state index contributed by atoms with van der Waals surface area (Å²) in [5, 5.41) is 12.1. The predicted octanol–water partition coefficient (Wildman–Crippen LogP) is 2.33. The van der Waals surface area contributed by atoms with Crippen molar-refractivity contribution in [1.29, 1.82) is 0 Å². The van der Waals surface area contributed by atoms with E-state index in [2.05, 4.69) is 20.4 Å². The maximum absolute atomic E-state index is 14.4. The molecular formula is C20H21FN6O. The summed E-state index contributed by atoms with van der Waals surface area (Å²) < 4.78 is 16.1. The van der Waals surface area contributed by atoms with Crippen molar-refractivity contribution < 1.29 is 9.18 Å². The number of carbonyl (C=O) groups excluding carboxylic acids is 1. The molecule has 1 fully saturated rings. The van der Waals surface area contributed by atoms with Crippen LogP contribution in [0, 0.1) is 5.82 Å². The Bertz CT molecular complexity index is 966. The van der Waals surface area contributed by atoms with Crippen LogP contribution >= 0.6 is 0 Å². The number of hydrogen-bond donors (Lipinski definition) is 0. The van der Waals surface area contributed by atoms with E-state index in [1.165, 1.54) is 13.0 Å². The summed E-state index contributed by atoms with van der Waals surface area (Å²) in [5.74, 6) is 0.289. The van der Waals surface area contributed by atoms with E-state index < -0.39 is 0 Å². The van der Waals surface area contributed by atoms with Crippen LogP contribution in [0.4, 0.5) is 10.1 Å². The van der Waals surface area contributed by atoms with Crippen molar-refractivity contribution in [1.82, 2.24) is 25.1 Å². The van der Waals surface area contributed by atoms with Gasteiger partial charge in [0.25, 0.3) is 0 Å². The molecule has 0 spiro atoms. The van der Waals surface area contributed by atoms with E-state index in [-0.39, 0.29) is 11.6 Å². The largest absolute Gasteiger partial charge is 0.367 e. The third-order valence-corrected chi connectivity index (χ3v) is 4.97. The Morgan fingerprint density at radius 2 is 1.82 bits per heavy atom. The molecule has 28 heavy (non-hydrogen) atoms. The second-order valence-corrected chi connectivity index (χ2v) is 6.83. The molecule has 144 valence electrons. The number of aromatic nitrogens is 4. The fourth-order valence-corrected chi connectivity index (χ4v) is 3.40. The van der Waals surface area contributed by atoms with Gasteiger partial charge in [0, 0.05) is 31.7 Å². The smallest absolute Gasteiger partial charge is 0.170 e. The maximum Gasteiger partial charge on any atom is 0.170 e. The number of ketones is 1. The molecule has 4 rings (SSSR count). The summed E-state index contributed by atoms with van der Waals surface area (Å²) in [4.78, 5) is 15.7. The van der Waals surface area contributed by atoms with Gasteiger partial charge in [0.2, 0.25) is 0 Å². The highest BCUT2D eigenvalue weighted by molar-refractivity contribution is 5.94. The highest BCUT2D eigenvalue weighted by Gasteiger charge is 2.22. The lowest BCUT2D eigenvalue weighted by atomic mass is 10.1. The lowest BCUT2D eigenvalue weighted by Gasteiger charge is -2.35. The van der Waals surface area contributed by atoms with E-state index >= 15 is 0 Å². The van der Waals surface area contributed by atoms with Crippen molar-refractivity contribution in [2.45, 2.75) is 13.5 Å². The van der Waals surface area contributed by atoms with Gasteiger partial charge in [-0.3, -0.25) is 9.69 Å². The number of para-hydroxylation sites is 1. The molecule has 0 aliphatic carbocycles. The first kappa shape index (κ1) is 18.2. The lowest BCUT2D eigenvalue weighted by Crippen LogP contribution is -2.46. The molecule has 1 aromatic heterocycles. The Morgan fingerprint density at radius 3 is 2.50 bits per heavy atom. The average molecular weight is 380 g/mol. The first-order chi connectivity index (χ1) is 13.6. The molecule has 7 nitrogen and oxygen atoms in total. The summed E-state index contributed by atoms with van der Waals surface area (Å²) in [6, 6.07) is 14.5. The van der Waals surface area contributed by atoms with Crippen molar-refractivity contribution in [3.05, 3.63) is 65.7 Å². The molecule has 2 heterocycles. The first-order valence-electron chi connectivity index (χ1n) is 9.22.